The Balaban J connectivity index is 0.00000289. The van der Waals surface area contributed by atoms with Crippen LogP contribution < -0.4 is 10.1 Å². The fourth-order valence-corrected chi connectivity index (χ4v) is 5.07. The maximum absolute atomic E-state index is 11.7. The Morgan fingerprint density at radius 3 is 2.60 bits per heavy atom. The molecule has 4 aromatic rings. The van der Waals surface area contributed by atoms with Gasteiger partial charge in [-0.1, -0.05) is 72.8 Å². The lowest BCUT2D eigenvalue weighted by Crippen LogP contribution is -2.37. The Bertz CT molecular complexity index is 1350. The standard InChI is InChI=1S/C30H29NO3.ClH/c1-19-14-15-22(16-27(19)30(32)33)28-17-23(34-29-13-6-5-11-26(28)29)18-31-20(2)24-12-7-9-21-8-3-4-10-25(21)24;/h3-16,20,23,28,31H,17-18H2,1-2H3,(H,32,33);1H/t20-,23+,28-;/m1./s1. The molecule has 0 unspecified atom stereocenters. The van der Waals surface area contributed by atoms with Crippen LogP contribution in [0.4, 0.5) is 0 Å². The summed E-state index contributed by atoms with van der Waals surface area (Å²) in [7, 11) is 0. The minimum absolute atomic E-state index is 0. The van der Waals surface area contributed by atoms with E-state index in [1.807, 2.05) is 37.3 Å². The van der Waals surface area contributed by atoms with Gasteiger partial charge in [-0.25, -0.2) is 4.79 Å². The fourth-order valence-electron chi connectivity index (χ4n) is 5.07. The van der Waals surface area contributed by atoms with Gasteiger partial charge in [0, 0.05) is 24.1 Å². The molecular formula is C30H30ClNO3. The number of carboxylic acids is 1. The summed E-state index contributed by atoms with van der Waals surface area (Å²) in [5.74, 6) is 0.0750. The first-order valence-corrected chi connectivity index (χ1v) is 11.8. The molecule has 0 saturated carbocycles. The number of hydrogen-bond acceptors (Lipinski definition) is 3. The van der Waals surface area contributed by atoms with E-state index in [1.54, 1.807) is 0 Å². The van der Waals surface area contributed by atoms with Gasteiger partial charge in [-0.2, -0.15) is 0 Å². The summed E-state index contributed by atoms with van der Waals surface area (Å²) in [6.45, 7) is 4.73. The highest BCUT2D eigenvalue weighted by molar-refractivity contribution is 5.89. The van der Waals surface area contributed by atoms with Gasteiger partial charge in [0.25, 0.3) is 0 Å². The number of carbonyl (C=O) groups is 1. The fraction of sp³-hybridized carbons (Fsp3) is 0.233. The van der Waals surface area contributed by atoms with E-state index >= 15 is 0 Å². The predicted octanol–water partition coefficient (Wildman–Crippen LogP) is 6.90. The Morgan fingerprint density at radius 2 is 1.77 bits per heavy atom. The summed E-state index contributed by atoms with van der Waals surface area (Å²) in [5.41, 5.74) is 4.54. The molecule has 0 aromatic heterocycles. The molecule has 0 aliphatic carbocycles. The van der Waals surface area contributed by atoms with Crippen molar-refractivity contribution in [2.75, 3.05) is 6.54 Å². The van der Waals surface area contributed by atoms with Crippen LogP contribution >= 0.6 is 12.4 Å². The quantitative estimate of drug-likeness (QED) is 0.310. The molecule has 0 radical (unpaired) electrons. The van der Waals surface area contributed by atoms with Crippen LogP contribution in [0.1, 0.15) is 57.9 Å². The minimum Gasteiger partial charge on any atom is -0.489 e. The molecule has 2 N–H and O–H groups in total. The van der Waals surface area contributed by atoms with Crippen molar-refractivity contribution in [2.24, 2.45) is 0 Å². The van der Waals surface area contributed by atoms with Crippen LogP contribution in [-0.2, 0) is 0 Å². The monoisotopic (exact) mass is 487 g/mol. The maximum Gasteiger partial charge on any atom is 0.335 e. The summed E-state index contributed by atoms with van der Waals surface area (Å²) in [5, 5.41) is 15.8. The number of para-hydroxylation sites is 1. The van der Waals surface area contributed by atoms with Crippen LogP contribution in [0, 0.1) is 6.92 Å². The van der Waals surface area contributed by atoms with E-state index in [0.717, 1.165) is 28.9 Å². The lowest BCUT2D eigenvalue weighted by atomic mass is 9.83. The van der Waals surface area contributed by atoms with Gasteiger partial charge in [-0.15, -0.1) is 12.4 Å². The molecule has 35 heavy (non-hydrogen) atoms. The summed E-state index contributed by atoms with van der Waals surface area (Å²) >= 11 is 0. The van der Waals surface area contributed by atoms with Crippen LogP contribution in [0.3, 0.4) is 0 Å². The van der Waals surface area contributed by atoms with E-state index in [-0.39, 0.29) is 30.5 Å². The molecule has 0 amide bonds. The Kier molecular flexibility index (Phi) is 7.44. The second kappa shape index (κ2) is 10.5. The Morgan fingerprint density at radius 1 is 1.03 bits per heavy atom. The lowest BCUT2D eigenvalue weighted by molar-refractivity contribution is 0.0696. The molecule has 0 saturated heterocycles. The molecule has 4 nitrogen and oxygen atoms in total. The number of halogens is 1. The van der Waals surface area contributed by atoms with Crippen molar-refractivity contribution in [3.8, 4) is 5.75 Å². The Labute approximate surface area is 212 Å². The van der Waals surface area contributed by atoms with E-state index in [1.165, 1.54) is 16.3 Å². The third-order valence-electron chi connectivity index (χ3n) is 6.92. The van der Waals surface area contributed by atoms with Crippen LogP contribution in [0.2, 0.25) is 0 Å². The normalized spacial score (nSPS) is 17.7. The van der Waals surface area contributed by atoms with Crippen molar-refractivity contribution in [1.29, 1.82) is 0 Å². The number of fused-ring (bicyclic) bond motifs is 2. The average molecular weight is 488 g/mol. The number of ether oxygens (including phenoxy) is 1. The summed E-state index contributed by atoms with van der Waals surface area (Å²) in [4.78, 5) is 11.7. The third-order valence-corrected chi connectivity index (χ3v) is 6.92. The van der Waals surface area contributed by atoms with Crippen molar-refractivity contribution in [3.63, 3.8) is 0 Å². The molecule has 180 valence electrons. The van der Waals surface area contributed by atoms with Crippen LogP contribution in [0.25, 0.3) is 10.8 Å². The van der Waals surface area contributed by atoms with E-state index < -0.39 is 5.97 Å². The topological polar surface area (TPSA) is 58.6 Å². The molecule has 5 rings (SSSR count). The number of rotatable bonds is 6. The van der Waals surface area contributed by atoms with Crippen LogP contribution in [0.5, 0.6) is 5.75 Å². The van der Waals surface area contributed by atoms with E-state index in [9.17, 15) is 9.90 Å². The van der Waals surface area contributed by atoms with Crippen molar-refractivity contribution in [3.05, 3.63) is 113 Å². The van der Waals surface area contributed by atoms with Gasteiger partial charge >= 0.3 is 5.97 Å². The number of aromatic carboxylic acids is 1. The zero-order chi connectivity index (χ0) is 23.7. The smallest absolute Gasteiger partial charge is 0.335 e. The van der Waals surface area contributed by atoms with Crippen LogP contribution in [-0.4, -0.2) is 23.7 Å². The molecular weight excluding hydrogens is 458 g/mol. The first kappa shape index (κ1) is 24.8. The highest BCUT2D eigenvalue weighted by Gasteiger charge is 2.30. The highest BCUT2D eigenvalue weighted by atomic mass is 35.5. The number of carboxylic acid groups (broad SMARTS) is 1. The minimum atomic E-state index is -0.887. The van der Waals surface area contributed by atoms with Gasteiger partial charge in [-0.3, -0.25) is 0 Å². The van der Waals surface area contributed by atoms with Gasteiger partial charge in [0.1, 0.15) is 11.9 Å². The largest absolute Gasteiger partial charge is 0.489 e. The number of aryl methyl sites for hydroxylation is 1. The van der Waals surface area contributed by atoms with Gasteiger partial charge in [0.15, 0.2) is 0 Å². The van der Waals surface area contributed by atoms with Crippen molar-refractivity contribution >= 4 is 29.1 Å². The van der Waals surface area contributed by atoms with Gasteiger partial charge < -0.3 is 15.2 Å². The number of nitrogens with one attached hydrogen (secondary N) is 1. The molecule has 1 aliphatic rings. The van der Waals surface area contributed by atoms with Crippen LogP contribution in [0.15, 0.2) is 84.9 Å². The van der Waals surface area contributed by atoms with Gasteiger partial charge in [-0.05, 0) is 59.9 Å². The zero-order valence-corrected chi connectivity index (χ0v) is 20.7. The van der Waals surface area contributed by atoms with Gasteiger partial charge in [0.05, 0.1) is 5.56 Å². The molecule has 0 fully saturated rings. The summed E-state index contributed by atoms with van der Waals surface area (Å²) < 4.78 is 6.38. The second-order valence-electron chi connectivity index (χ2n) is 9.14. The SMILES string of the molecule is Cc1ccc([C@H]2C[C@@H](CN[C@H](C)c3cccc4ccccc34)Oc3ccccc32)cc1C(=O)O.Cl. The van der Waals surface area contributed by atoms with E-state index in [0.29, 0.717) is 12.1 Å². The first-order valence-electron chi connectivity index (χ1n) is 11.8. The second-order valence-corrected chi connectivity index (χ2v) is 9.14. The predicted molar refractivity (Wildman–Crippen MR) is 143 cm³/mol. The zero-order valence-electron chi connectivity index (χ0n) is 19.9. The molecule has 5 heteroatoms. The molecule has 4 aromatic carbocycles. The first-order chi connectivity index (χ1) is 16.5. The third kappa shape index (κ3) is 5.04. The molecule has 1 aliphatic heterocycles. The average Bonchev–Trinajstić information content (AvgIpc) is 2.86. The Hall–Kier alpha value is -3.34. The lowest BCUT2D eigenvalue weighted by Gasteiger charge is -2.33. The maximum atomic E-state index is 11.7. The highest BCUT2D eigenvalue weighted by Crippen LogP contribution is 2.40. The number of hydrogen-bond donors (Lipinski definition) is 2. The summed E-state index contributed by atoms with van der Waals surface area (Å²) in [6, 6.07) is 29.0. The van der Waals surface area contributed by atoms with Crippen molar-refractivity contribution < 1.29 is 14.6 Å². The van der Waals surface area contributed by atoms with Gasteiger partial charge in [0.2, 0.25) is 0 Å². The summed E-state index contributed by atoms with van der Waals surface area (Å²) in [6.07, 6.45) is 0.765. The van der Waals surface area contributed by atoms with Crippen molar-refractivity contribution in [1.82, 2.24) is 5.32 Å². The van der Waals surface area contributed by atoms with Crippen molar-refractivity contribution in [2.45, 2.75) is 38.3 Å². The molecule has 0 bridgehead atoms. The van der Waals surface area contributed by atoms with E-state index in [4.69, 9.17) is 4.74 Å². The molecule has 3 atom stereocenters. The van der Waals surface area contributed by atoms with E-state index in [2.05, 4.69) is 66.8 Å². The molecule has 1 heterocycles. The number of benzene rings is 4. The molecule has 0 spiro atoms.